The monoisotopic (exact) mass is 221 g/mol. The van der Waals surface area contributed by atoms with Crippen LogP contribution in [0.2, 0.25) is 0 Å². The van der Waals surface area contributed by atoms with Crippen molar-refractivity contribution in [2.45, 2.75) is 6.04 Å². The summed E-state index contributed by atoms with van der Waals surface area (Å²) in [6, 6.07) is -0.552. The van der Waals surface area contributed by atoms with Crippen LogP contribution in [-0.4, -0.2) is 21.7 Å². The largest absolute Gasteiger partial charge is 0.394 e. The summed E-state index contributed by atoms with van der Waals surface area (Å²) in [5.41, 5.74) is 5.58. The number of aromatic amines is 2. The Kier molecular flexibility index (Phi) is 2.48. The first kappa shape index (κ1) is 8.51. The van der Waals surface area contributed by atoms with Gasteiger partial charge in [0.25, 0.3) is 0 Å². The van der Waals surface area contributed by atoms with Crippen LogP contribution < -0.4 is 11.4 Å². The molecular weight excluding hydrogens is 214 g/mol. The molecule has 1 aromatic heterocycles. The van der Waals surface area contributed by atoms with Crippen LogP contribution in [0, 0.1) is 0 Å². The lowest BCUT2D eigenvalue weighted by Crippen LogP contribution is -2.16. The number of aromatic nitrogens is 2. The zero-order valence-corrected chi connectivity index (χ0v) is 7.18. The molecule has 1 unspecified atom stereocenters. The Balaban J connectivity index is 3.02. The van der Waals surface area contributed by atoms with E-state index in [0.29, 0.717) is 10.3 Å². The molecule has 1 rings (SSSR count). The Morgan fingerprint density at radius 1 is 1.64 bits per heavy atom. The van der Waals surface area contributed by atoms with Gasteiger partial charge in [0.05, 0.1) is 18.3 Å². The van der Waals surface area contributed by atoms with Crippen LogP contribution >= 0.6 is 15.9 Å². The minimum Gasteiger partial charge on any atom is -0.394 e. The van der Waals surface area contributed by atoms with E-state index < -0.39 is 6.04 Å². The van der Waals surface area contributed by atoms with Crippen LogP contribution in [0.5, 0.6) is 0 Å². The first-order valence-corrected chi connectivity index (χ1v) is 3.78. The molecule has 0 radical (unpaired) electrons. The standard InChI is InChI=1S/C5H8BrN3O2/c6-4-3(2(7)1-10)8-5(11)9-4/h2,10H,1,7H2,(H2,8,9,11). The molecule has 0 aromatic carbocycles. The second-order valence-corrected chi connectivity index (χ2v) is 2.89. The van der Waals surface area contributed by atoms with Gasteiger partial charge in [0, 0.05) is 0 Å². The Morgan fingerprint density at radius 2 is 2.27 bits per heavy atom. The van der Waals surface area contributed by atoms with Crippen LogP contribution in [0.25, 0.3) is 0 Å². The summed E-state index contributed by atoms with van der Waals surface area (Å²) in [4.78, 5) is 15.5. The molecule has 11 heavy (non-hydrogen) atoms. The number of nitrogens with one attached hydrogen (secondary N) is 2. The van der Waals surface area contributed by atoms with Gasteiger partial charge >= 0.3 is 5.69 Å². The quantitative estimate of drug-likeness (QED) is 0.541. The number of halogens is 1. The SMILES string of the molecule is NC(CO)c1[nH]c(=O)[nH]c1Br. The van der Waals surface area contributed by atoms with Crippen molar-refractivity contribution in [1.82, 2.24) is 9.97 Å². The van der Waals surface area contributed by atoms with Crippen molar-refractivity contribution < 1.29 is 5.11 Å². The van der Waals surface area contributed by atoms with E-state index in [1.807, 2.05) is 0 Å². The molecule has 0 bridgehead atoms. The topological polar surface area (TPSA) is 94.9 Å². The third kappa shape index (κ3) is 1.70. The molecule has 1 aromatic rings. The lowest BCUT2D eigenvalue weighted by molar-refractivity contribution is 0.265. The summed E-state index contributed by atoms with van der Waals surface area (Å²) in [5.74, 6) is 0. The van der Waals surface area contributed by atoms with Gasteiger partial charge in [0.15, 0.2) is 0 Å². The number of aliphatic hydroxyl groups excluding tert-OH is 1. The Hall–Kier alpha value is -0.590. The molecule has 0 saturated heterocycles. The summed E-state index contributed by atoms with van der Waals surface area (Å²) >= 11 is 3.08. The molecule has 5 nitrogen and oxygen atoms in total. The molecule has 0 spiro atoms. The van der Waals surface area contributed by atoms with E-state index >= 15 is 0 Å². The number of imidazole rings is 1. The van der Waals surface area contributed by atoms with E-state index in [1.54, 1.807) is 0 Å². The van der Waals surface area contributed by atoms with E-state index in [2.05, 4.69) is 25.9 Å². The summed E-state index contributed by atoms with van der Waals surface area (Å²) < 4.78 is 0.490. The average molecular weight is 222 g/mol. The maximum Gasteiger partial charge on any atom is 0.324 e. The fourth-order valence-electron chi connectivity index (χ4n) is 0.722. The van der Waals surface area contributed by atoms with Crippen LogP contribution in [0.3, 0.4) is 0 Å². The lowest BCUT2D eigenvalue weighted by Gasteiger charge is -2.03. The van der Waals surface area contributed by atoms with Gasteiger partial charge in [-0.15, -0.1) is 0 Å². The molecule has 1 heterocycles. The second kappa shape index (κ2) is 3.21. The Labute approximate surface area is 70.8 Å². The van der Waals surface area contributed by atoms with E-state index in [9.17, 15) is 4.79 Å². The highest BCUT2D eigenvalue weighted by Gasteiger charge is 2.11. The Bertz CT molecular complexity index is 292. The number of hydrogen-bond acceptors (Lipinski definition) is 3. The van der Waals surface area contributed by atoms with Gasteiger partial charge in [0.2, 0.25) is 0 Å². The van der Waals surface area contributed by atoms with E-state index in [4.69, 9.17) is 10.8 Å². The normalized spacial score (nSPS) is 13.4. The van der Waals surface area contributed by atoms with Gasteiger partial charge in [-0.1, -0.05) is 0 Å². The maximum atomic E-state index is 10.7. The molecule has 0 aliphatic carbocycles. The smallest absolute Gasteiger partial charge is 0.324 e. The number of nitrogens with two attached hydrogens (primary N) is 1. The van der Waals surface area contributed by atoms with Crippen molar-refractivity contribution >= 4 is 15.9 Å². The molecule has 0 aliphatic rings. The lowest BCUT2D eigenvalue weighted by atomic mass is 10.2. The van der Waals surface area contributed by atoms with Gasteiger partial charge < -0.3 is 20.8 Å². The molecule has 62 valence electrons. The molecule has 0 saturated carbocycles. The van der Waals surface area contributed by atoms with Gasteiger partial charge in [-0.25, -0.2) is 4.79 Å². The van der Waals surface area contributed by atoms with Crippen LogP contribution in [-0.2, 0) is 0 Å². The first-order chi connectivity index (χ1) is 5.15. The van der Waals surface area contributed by atoms with Gasteiger partial charge in [0.1, 0.15) is 4.60 Å². The fraction of sp³-hybridized carbons (Fsp3) is 0.400. The highest BCUT2D eigenvalue weighted by Crippen LogP contribution is 2.14. The van der Waals surface area contributed by atoms with Gasteiger partial charge in [-0.3, -0.25) is 0 Å². The molecule has 0 aliphatic heterocycles. The maximum absolute atomic E-state index is 10.7. The number of H-pyrrole nitrogens is 2. The van der Waals surface area contributed by atoms with Crippen LogP contribution in [0.15, 0.2) is 9.40 Å². The van der Waals surface area contributed by atoms with Crippen molar-refractivity contribution in [1.29, 1.82) is 0 Å². The minimum absolute atomic E-state index is 0.202. The Morgan fingerprint density at radius 3 is 2.64 bits per heavy atom. The third-order valence-electron chi connectivity index (χ3n) is 1.28. The minimum atomic E-state index is -0.552. The second-order valence-electron chi connectivity index (χ2n) is 2.10. The molecule has 0 fully saturated rings. The average Bonchev–Trinajstić information content (AvgIpc) is 2.28. The molecule has 5 N–H and O–H groups in total. The van der Waals surface area contributed by atoms with E-state index in [0.717, 1.165) is 0 Å². The summed E-state index contributed by atoms with van der Waals surface area (Å²) in [6.07, 6.45) is 0. The number of hydrogen-bond donors (Lipinski definition) is 4. The predicted molar refractivity (Wildman–Crippen MR) is 43.1 cm³/mol. The first-order valence-electron chi connectivity index (χ1n) is 2.99. The molecule has 6 heteroatoms. The fourth-order valence-corrected chi connectivity index (χ4v) is 1.30. The highest BCUT2D eigenvalue weighted by atomic mass is 79.9. The highest BCUT2D eigenvalue weighted by molar-refractivity contribution is 9.10. The zero-order chi connectivity index (χ0) is 8.43. The van der Waals surface area contributed by atoms with Gasteiger partial charge in [-0.05, 0) is 15.9 Å². The van der Waals surface area contributed by atoms with Crippen LogP contribution in [0.4, 0.5) is 0 Å². The third-order valence-corrected chi connectivity index (χ3v) is 1.90. The predicted octanol–water partition coefficient (Wildman–Crippen LogP) is -0.542. The van der Waals surface area contributed by atoms with Crippen molar-refractivity contribution in [2.24, 2.45) is 5.73 Å². The summed E-state index contributed by atoms with van der Waals surface area (Å²) in [7, 11) is 0. The van der Waals surface area contributed by atoms with Crippen molar-refractivity contribution in [3.05, 3.63) is 20.8 Å². The summed E-state index contributed by atoms with van der Waals surface area (Å²) in [6.45, 7) is -0.202. The van der Waals surface area contributed by atoms with Gasteiger partial charge in [-0.2, -0.15) is 0 Å². The van der Waals surface area contributed by atoms with E-state index in [1.165, 1.54) is 0 Å². The number of rotatable bonds is 2. The molecular formula is C5H8BrN3O2. The van der Waals surface area contributed by atoms with Crippen molar-refractivity contribution in [2.75, 3.05) is 6.61 Å². The zero-order valence-electron chi connectivity index (χ0n) is 5.60. The van der Waals surface area contributed by atoms with Crippen LogP contribution in [0.1, 0.15) is 11.7 Å². The van der Waals surface area contributed by atoms with Crippen molar-refractivity contribution in [3.63, 3.8) is 0 Å². The molecule has 0 amide bonds. The van der Waals surface area contributed by atoms with Crippen molar-refractivity contribution in [3.8, 4) is 0 Å². The summed E-state index contributed by atoms with van der Waals surface area (Å²) in [5, 5.41) is 8.64. The number of aliphatic hydroxyl groups is 1. The molecule has 1 atom stereocenters. The van der Waals surface area contributed by atoms with E-state index in [-0.39, 0.29) is 12.3 Å².